The van der Waals surface area contributed by atoms with Gasteiger partial charge in [0.2, 0.25) is 6.08 Å². The Kier molecular flexibility index (Phi) is 3.86. The van der Waals surface area contributed by atoms with E-state index < -0.39 is 11.4 Å². The molecule has 0 aromatic heterocycles. The van der Waals surface area contributed by atoms with E-state index in [2.05, 4.69) is 4.99 Å². The predicted molar refractivity (Wildman–Crippen MR) is 67.8 cm³/mol. The molecule has 4 nitrogen and oxygen atoms in total. The van der Waals surface area contributed by atoms with Crippen LogP contribution in [0.5, 0.6) is 11.5 Å². The molecule has 0 amide bonds. The molecule has 19 heavy (non-hydrogen) atoms. The number of aliphatic imine (C=N–C) groups is 1. The van der Waals surface area contributed by atoms with E-state index in [-0.39, 0.29) is 5.75 Å². The molecule has 1 aromatic rings. The molecule has 102 valence electrons. The topological polar surface area (TPSA) is 47.9 Å². The summed E-state index contributed by atoms with van der Waals surface area (Å²) in [6.45, 7) is 0. The molecular weight excluding hydrogens is 249 g/mol. The van der Waals surface area contributed by atoms with E-state index in [0.29, 0.717) is 11.3 Å². The van der Waals surface area contributed by atoms with Crippen LogP contribution in [0.25, 0.3) is 0 Å². The van der Waals surface area contributed by atoms with Crippen LogP contribution in [0, 0.1) is 5.82 Å². The molecule has 0 bridgehead atoms. The van der Waals surface area contributed by atoms with E-state index in [1.54, 1.807) is 12.1 Å². The van der Waals surface area contributed by atoms with Crippen molar-refractivity contribution in [1.82, 2.24) is 0 Å². The van der Waals surface area contributed by atoms with Crippen LogP contribution in [0.4, 0.5) is 4.39 Å². The van der Waals surface area contributed by atoms with Crippen molar-refractivity contribution in [1.29, 1.82) is 0 Å². The molecule has 2 rings (SSSR count). The number of halogens is 1. The molecule has 1 aliphatic carbocycles. The second kappa shape index (κ2) is 5.41. The largest absolute Gasteiger partial charge is 0.496 e. The molecule has 5 heteroatoms. The van der Waals surface area contributed by atoms with Crippen LogP contribution in [-0.2, 0) is 10.3 Å². The molecule has 0 N–H and O–H groups in total. The third kappa shape index (κ3) is 2.34. The lowest BCUT2D eigenvalue weighted by Crippen LogP contribution is -2.20. The Morgan fingerprint density at radius 2 is 1.84 bits per heavy atom. The molecule has 0 aliphatic heterocycles. The van der Waals surface area contributed by atoms with Gasteiger partial charge >= 0.3 is 0 Å². The Hall–Kier alpha value is -1.87. The maximum atomic E-state index is 13.7. The third-order valence-electron chi connectivity index (χ3n) is 3.67. The Morgan fingerprint density at radius 3 is 2.37 bits per heavy atom. The highest BCUT2D eigenvalue weighted by atomic mass is 19.1. The SMILES string of the molecule is COc1cc(C2(N=C=O)CCCC2)c(OC)cc1F. The van der Waals surface area contributed by atoms with Crippen molar-refractivity contribution >= 4 is 6.08 Å². The Bertz CT molecular complexity index is 518. The molecular formula is C14H16FNO3. The predicted octanol–water partition coefficient (Wildman–Crippen LogP) is 2.95. The van der Waals surface area contributed by atoms with Crippen molar-refractivity contribution in [3.8, 4) is 11.5 Å². The highest BCUT2D eigenvalue weighted by Gasteiger charge is 2.38. The van der Waals surface area contributed by atoms with Crippen molar-refractivity contribution in [3.05, 3.63) is 23.5 Å². The quantitative estimate of drug-likeness (QED) is 0.621. The summed E-state index contributed by atoms with van der Waals surface area (Å²) in [5.74, 6) is 0.0219. The van der Waals surface area contributed by atoms with Gasteiger partial charge in [-0.3, -0.25) is 0 Å². The monoisotopic (exact) mass is 265 g/mol. The molecule has 0 unspecified atom stereocenters. The number of rotatable bonds is 4. The first-order valence-electron chi connectivity index (χ1n) is 6.18. The average molecular weight is 265 g/mol. The van der Waals surface area contributed by atoms with E-state index in [4.69, 9.17) is 9.47 Å². The molecule has 1 saturated carbocycles. The summed E-state index contributed by atoms with van der Waals surface area (Å²) in [6.07, 6.45) is 5.03. The molecule has 0 saturated heterocycles. The van der Waals surface area contributed by atoms with Crippen molar-refractivity contribution in [2.24, 2.45) is 4.99 Å². The van der Waals surface area contributed by atoms with Crippen molar-refractivity contribution in [2.75, 3.05) is 14.2 Å². The zero-order chi connectivity index (χ0) is 13.9. The number of hydrogen-bond acceptors (Lipinski definition) is 4. The van der Waals surface area contributed by atoms with Gasteiger partial charge < -0.3 is 9.47 Å². The molecule has 0 atom stereocenters. The smallest absolute Gasteiger partial charge is 0.235 e. The molecule has 0 heterocycles. The first-order valence-corrected chi connectivity index (χ1v) is 6.18. The summed E-state index contributed by atoms with van der Waals surface area (Å²) in [4.78, 5) is 14.7. The Balaban J connectivity index is 2.61. The van der Waals surface area contributed by atoms with Gasteiger partial charge in [0.1, 0.15) is 11.3 Å². The fourth-order valence-electron chi connectivity index (χ4n) is 2.71. The summed E-state index contributed by atoms with van der Waals surface area (Å²) in [5, 5.41) is 0. The van der Waals surface area contributed by atoms with Gasteiger partial charge in [-0.05, 0) is 18.9 Å². The Morgan fingerprint density at radius 1 is 1.21 bits per heavy atom. The number of nitrogens with zero attached hydrogens (tertiary/aromatic N) is 1. The maximum absolute atomic E-state index is 13.7. The molecule has 1 aromatic carbocycles. The first kappa shape index (κ1) is 13.6. The minimum absolute atomic E-state index is 0.128. The van der Waals surface area contributed by atoms with Gasteiger partial charge in [-0.1, -0.05) is 12.8 Å². The minimum Gasteiger partial charge on any atom is -0.496 e. The second-order valence-corrected chi connectivity index (χ2v) is 4.63. The van der Waals surface area contributed by atoms with Crippen LogP contribution in [0.2, 0.25) is 0 Å². The molecule has 1 aliphatic rings. The number of hydrogen-bond donors (Lipinski definition) is 0. The maximum Gasteiger partial charge on any atom is 0.235 e. The van der Waals surface area contributed by atoms with Gasteiger partial charge in [0, 0.05) is 11.6 Å². The number of carbonyl (C=O) groups excluding carboxylic acids is 1. The standard InChI is InChI=1S/C14H16FNO3/c1-18-12-8-11(15)13(19-2)7-10(12)14(16-9-17)5-3-4-6-14/h7-8H,3-6H2,1-2H3. The minimum atomic E-state index is -0.659. The number of methoxy groups -OCH3 is 2. The van der Waals surface area contributed by atoms with Gasteiger partial charge in [-0.15, -0.1) is 0 Å². The lowest BCUT2D eigenvalue weighted by atomic mass is 9.88. The van der Waals surface area contributed by atoms with Crippen LogP contribution < -0.4 is 9.47 Å². The van der Waals surface area contributed by atoms with Gasteiger partial charge in [-0.2, -0.15) is 4.99 Å². The van der Waals surface area contributed by atoms with E-state index in [1.165, 1.54) is 20.3 Å². The second-order valence-electron chi connectivity index (χ2n) is 4.63. The van der Waals surface area contributed by atoms with Gasteiger partial charge in [0.25, 0.3) is 0 Å². The summed E-state index contributed by atoms with van der Waals surface area (Å²) < 4.78 is 23.9. The normalized spacial score (nSPS) is 16.8. The van der Waals surface area contributed by atoms with Crippen LogP contribution >= 0.6 is 0 Å². The number of ether oxygens (including phenoxy) is 2. The van der Waals surface area contributed by atoms with Crippen molar-refractivity contribution in [2.45, 2.75) is 31.2 Å². The average Bonchev–Trinajstić information content (AvgIpc) is 2.88. The van der Waals surface area contributed by atoms with Crippen molar-refractivity contribution in [3.63, 3.8) is 0 Å². The van der Waals surface area contributed by atoms with Gasteiger partial charge in [0.05, 0.1) is 14.2 Å². The summed E-state index contributed by atoms with van der Waals surface area (Å²) >= 11 is 0. The molecule has 0 radical (unpaired) electrons. The number of isocyanates is 1. The lowest BCUT2D eigenvalue weighted by molar-refractivity contribution is 0.357. The van der Waals surface area contributed by atoms with Crippen LogP contribution in [-0.4, -0.2) is 20.3 Å². The highest BCUT2D eigenvalue weighted by Crippen LogP contribution is 2.47. The fraction of sp³-hybridized carbons (Fsp3) is 0.500. The fourth-order valence-corrected chi connectivity index (χ4v) is 2.71. The van der Waals surface area contributed by atoms with Crippen LogP contribution in [0.3, 0.4) is 0 Å². The summed E-state index contributed by atoms with van der Waals surface area (Å²) in [6, 6.07) is 2.84. The molecule has 1 fully saturated rings. The van der Waals surface area contributed by atoms with Crippen molar-refractivity contribution < 1.29 is 18.7 Å². The van der Waals surface area contributed by atoms with E-state index >= 15 is 0 Å². The third-order valence-corrected chi connectivity index (χ3v) is 3.67. The van der Waals surface area contributed by atoms with E-state index in [9.17, 15) is 9.18 Å². The zero-order valence-corrected chi connectivity index (χ0v) is 11.0. The van der Waals surface area contributed by atoms with E-state index in [1.807, 2.05) is 0 Å². The van der Waals surface area contributed by atoms with Gasteiger partial charge in [0.15, 0.2) is 11.6 Å². The first-order chi connectivity index (χ1) is 9.16. The highest BCUT2D eigenvalue weighted by molar-refractivity contribution is 5.48. The summed E-state index contributed by atoms with van der Waals surface area (Å²) in [5.41, 5.74) is 0.0303. The Labute approximate surface area is 111 Å². The lowest BCUT2D eigenvalue weighted by Gasteiger charge is -2.25. The van der Waals surface area contributed by atoms with Gasteiger partial charge in [-0.25, -0.2) is 9.18 Å². The van der Waals surface area contributed by atoms with E-state index in [0.717, 1.165) is 25.7 Å². The number of benzene rings is 1. The summed E-state index contributed by atoms with van der Waals surface area (Å²) in [7, 11) is 2.87. The molecule has 0 spiro atoms. The van der Waals surface area contributed by atoms with Crippen LogP contribution in [0.1, 0.15) is 31.2 Å². The van der Waals surface area contributed by atoms with Crippen LogP contribution in [0.15, 0.2) is 17.1 Å². The zero-order valence-electron chi connectivity index (χ0n) is 11.0.